The number of carbonyl (C=O) groups is 1. The standard InChI is InChI=1S/C10H8ClN3O3/c11-8-6-4-17-2-1-7(6)13-9-5(10(15)16)3-12-14(8)9/h3H,1-2,4H2,(H,15,16). The second-order valence-corrected chi connectivity index (χ2v) is 4.09. The monoisotopic (exact) mass is 253 g/mol. The molecule has 17 heavy (non-hydrogen) atoms. The van der Waals surface area contributed by atoms with Gasteiger partial charge in [0, 0.05) is 12.0 Å². The summed E-state index contributed by atoms with van der Waals surface area (Å²) in [6.45, 7) is 0.961. The maximum Gasteiger partial charge on any atom is 0.341 e. The van der Waals surface area contributed by atoms with Gasteiger partial charge in [-0.25, -0.2) is 14.3 Å². The molecule has 1 aliphatic rings. The Morgan fingerprint density at radius 1 is 1.59 bits per heavy atom. The van der Waals surface area contributed by atoms with Gasteiger partial charge in [0.25, 0.3) is 0 Å². The highest BCUT2D eigenvalue weighted by Gasteiger charge is 2.21. The van der Waals surface area contributed by atoms with Crippen LogP contribution in [0.2, 0.25) is 5.15 Å². The number of carboxylic acid groups (broad SMARTS) is 1. The minimum atomic E-state index is -1.06. The van der Waals surface area contributed by atoms with Crippen LogP contribution >= 0.6 is 11.6 Å². The van der Waals surface area contributed by atoms with Crippen LogP contribution in [0.4, 0.5) is 0 Å². The number of rotatable bonds is 1. The lowest BCUT2D eigenvalue weighted by Gasteiger charge is -2.17. The van der Waals surface area contributed by atoms with Gasteiger partial charge in [0.05, 0.1) is 25.1 Å². The summed E-state index contributed by atoms with van der Waals surface area (Å²) in [7, 11) is 0. The first-order valence-corrected chi connectivity index (χ1v) is 5.42. The van der Waals surface area contributed by atoms with Gasteiger partial charge >= 0.3 is 5.97 Å². The SMILES string of the molecule is O=C(O)c1cnn2c(Cl)c3c(nc12)CCOC3. The Hall–Kier alpha value is -1.66. The first-order valence-electron chi connectivity index (χ1n) is 5.04. The number of hydrogen-bond donors (Lipinski definition) is 1. The van der Waals surface area contributed by atoms with Crippen LogP contribution in [0.1, 0.15) is 21.6 Å². The van der Waals surface area contributed by atoms with Gasteiger partial charge in [-0.2, -0.15) is 5.10 Å². The predicted molar refractivity (Wildman–Crippen MR) is 58.3 cm³/mol. The van der Waals surface area contributed by atoms with Crippen LogP contribution < -0.4 is 0 Å². The molecule has 0 amide bonds. The van der Waals surface area contributed by atoms with Crippen molar-refractivity contribution in [1.82, 2.24) is 14.6 Å². The van der Waals surface area contributed by atoms with Crippen molar-refractivity contribution in [2.45, 2.75) is 13.0 Å². The summed E-state index contributed by atoms with van der Waals surface area (Å²) in [5.74, 6) is -1.06. The summed E-state index contributed by atoms with van der Waals surface area (Å²) >= 11 is 6.17. The molecular formula is C10H8ClN3O3. The average molecular weight is 254 g/mol. The first-order chi connectivity index (χ1) is 8.18. The molecule has 6 nitrogen and oxygen atoms in total. The van der Waals surface area contributed by atoms with Crippen molar-refractivity contribution in [2.24, 2.45) is 0 Å². The Morgan fingerprint density at radius 3 is 3.18 bits per heavy atom. The fourth-order valence-electron chi connectivity index (χ4n) is 1.88. The van der Waals surface area contributed by atoms with Gasteiger partial charge in [-0.3, -0.25) is 0 Å². The number of aromatic carboxylic acids is 1. The molecule has 0 bridgehead atoms. The molecule has 2 aromatic rings. The van der Waals surface area contributed by atoms with E-state index < -0.39 is 5.97 Å². The smallest absolute Gasteiger partial charge is 0.341 e. The lowest BCUT2D eigenvalue weighted by atomic mass is 10.1. The third-order valence-electron chi connectivity index (χ3n) is 2.73. The highest BCUT2D eigenvalue weighted by Crippen LogP contribution is 2.25. The molecule has 0 saturated heterocycles. The minimum absolute atomic E-state index is 0.0567. The van der Waals surface area contributed by atoms with Crippen molar-refractivity contribution in [1.29, 1.82) is 0 Å². The van der Waals surface area contributed by atoms with Gasteiger partial charge in [0.1, 0.15) is 10.7 Å². The molecule has 0 radical (unpaired) electrons. The number of aromatic nitrogens is 3. The molecule has 0 spiro atoms. The first kappa shape index (κ1) is 10.5. The molecule has 3 rings (SSSR count). The van der Waals surface area contributed by atoms with Crippen LogP contribution in [-0.4, -0.2) is 32.3 Å². The van der Waals surface area contributed by atoms with Gasteiger partial charge < -0.3 is 9.84 Å². The maximum atomic E-state index is 11.0. The van der Waals surface area contributed by atoms with Crippen LogP contribution in [0.15, 0.2) is 6.20 Å². The van der Waals surface area contributed by atoms with E-state index in [0.29, 0.717) is 24.8 Å². The third-order valence-corrected chi connectivity index (χ3v) is 3.12. The number of ether oxygens (including phenoxy) is 1. The minimum Gasteiger partial charge on any atom is -0.477 e. The van der Waals surface area contributed by atoms with Crippen LogP contribution in [0.5, 0.6) is 0 Å². The molecule has 0 atom stereocenters. The average Bonchev–Trinajstić information content (AvgIpc) is 2.73. The summed E-state index contributed by atoms with van der Waals surface area (Å²) in [5.41, 5.74) is 1.91. The fourth-order valence-corrected chi connectivity index (χ4v) is 2.17. The van der Waals surface area contributed by atoms with Crippen molar-refractivity contribution >= 4 is 23.2 Å². The van der Waals surface area contributed by atoms with Crippen molar-refractivity contribution in [3.05, 3.63) is 28.2 Å². The van der Waals surface area contributed by atoms with E-state index in [4.69, 9.17) is 21.4 Å². The molecular weight excluding hydrogens is 246 g/mol. The maximum absolute atomic E-state index is 11.0. The summed E-state index contributed by atoms with van der Waals surface area (Å²) in [4.78, 5) is 15.3. The molecule has 88 valence electrons. The molecule has 3 heterocycles. The second kappa shape index (κ2) is 3.68. The summed E-state index contributed by atoms with van der Waals surface area (Å²) in [5, 5.41) is 13.3. The molecule has 0 fully saturated rings. The van der Waals surface area contributed by atoms with E-state index in [2.05, 4.69) is 10.1 Å². The van der Waals surface area contributed by atoms with Gasteiger partial charge in [-0.05, 0) is 0 Å². The molecule has 1 N–H and O–H groups in total. The van der Waals surface area contributed by atoms with E-state index in [1.165, 1.54) is 10.7 Å². The number of carboxylic acids is 1. The fraction of sp³-hybridized carbons (Fsp3) is 0.300. The predicted octanol–water partition coefficient (Wildman–Crippen LogP) is 1.15. The normalized spacial score (nSPS) is 14.9. The van der Waals surface area contributed by atoms with Gasteiger partial charge in [0.2, 0.25) is 0 Å². The quantitative estimate of drug-likeness (QED) is 0.772. The molecule has 0 aliphatic carbocycles. The van der Waals surface area contributed by atoms with E-state index in [9.17, 15) is 4.79 Å². The van der Waals surface area contributed by atoms with Gasteiger partial charge in [-0.1, -0.05) is 11.6 Å². The highest BCUT2D eigenvalue weighted by molar-refractivity contribution is 6.30. The zero-order valence-corrected chi connectivity index (χ0v) is 9.44. The van der Waals surface area contributed by atoms with E-state index in [1.807, 2.05) is 0 Å². The van der Waals surface area contributed by atoms with Crippen LogP contribution in [0.3, 0.4) is 0 Å². The Morgan fingerprint density at radius 2 is 2.41 bits per heavy atom. The Bertz CT molecular complexity index is 623. The van der Waals surface area contributed by atoms with Gasteiger partial charge in [0.15, 0.2) is 5.65 Å². The molecule has 0 saturated carbocycles. The number of hydrogen-bond acceptors (Lipinski definition) is 4. The Labute approximate surface area is 101 Å². The Balaban J connectivity index is 2.34. The van der Waals surface area contributed by atoms with Gasteiger partial charge in [-0.15, -0.1) is 0 Å². The summed E-state index contributed by atoms with van der Waals surface area (Å²) < 4.78 is 6.63. The van der Waals surface area contributed by atoms with Crippen molar-refractivity contribution in [3.8, 4) is 0 Å². The topological polar surface area (TPSA) is 76.7 Å². The molecule has 7 heteroatoms. The van der Waals surface area contributed by atoms with Crippen molar-refractivity contribution in [2.75, 3.05) is 6.61 Å². The lowest BCUT2D eigenvalue weighted by molar-refractivity contribution is 0.0698. The Kier molecular flexibility index (Phi) is 2.27. The van der Waals surface area contributed by atoms with E-state index >= 15 is 0 Å². The largest absolute Gasteiger partial charge is 0.477 e. The molecule has 0 aromatic carbocycles. The second-order valence-electron chi connectivity index (χ2n) is 3.73. The summed E-state index contributed by atoms with van der Waals surface area (Å²) in [6, 6.07) is 0. The zero-order valence-electron chi connectivity index (χ0n) is 8.68. The van der Waals surface area contributed by atoms with Crippen LogP contribution in [-0.2, 0) is 17.8 Å². The zero-order chi connectivity index (χ0) is 12.0. The number of nitrogens with zero attached hydrogens (tertiary/aromatic N) is 3. The number of halogens is 1. The van der Waals surface area contributed by atoms with Crippen LogP contribution in [0, 0.1) is 0 Å². The summed E-state index contributed by atoms with van der Waals surface area (Å²) in [6.07, 6.45) is 1.89. The number of fused-ring (bicyclic) bond motifs is 2. The molecule has 2 aromatic heterocycles. The molecule has 0 unspecified atom stereocenters. The van der Waals surface area contributed by atoms with E-state index in [1.54, 1.807) is 0 Å². The lowest BCUT2D eigenvalue weighted by Crippen LogP contribution is -2.15. The molecule has 1 aliphatic heterocycles. The van der Waals surface area contributed by atoms with E-state index in [0.717, 1.165) is 11.3 Å². The third kappa shape index (κ3) is 1.49. The van der Waals surface area contributed by atoms with Crippen molar-refractivity contribution in [3.63, 3.8) is 0 Å². The van der Waals surface area contributed by atoms with E-state index in [-0.39, 0.29) is 11.2 Å². The van der Waals surface area contributed by atoms with Crippen LogP contribution in [0.25, 0.3) is 5.65 Å². The van der Waals surface area contributed by atoms with Crippen molar-refractivity contribution < 1.29 is 14.6 Å². The highest BCUT2D eigenvalue weighted by atomic mass is 35.5.